The van der Waals surface area contributed by atoms with Crippen molar-refractivity contribution in [3.8, 4) is 0 Å². The summed E-state index contributed by atoms with van der Waals surface area (Å²) in [5.74, 6) is -0.0547. The van der Waals surface area contributed by atoms with Crippen molar-refractivity contribution in [2.45, 2.75) is 30.6 Å². The Bertz CT molecular complexity index is 553. The van der Waals surface area contributed by atoms with Gasteiger partial charge in [0.25, 0.3) is 0 Å². The molecule has 1 aromatic carbocycles. The maximum atomic E-state index is 12.2. The Morgan fingerprint density at radius 1 is 1.32 bits per heavy atom. The highest BCUT2D eigenvalue weighted by Gasteiger charge is 2.68. The summed E-state index contributed by atoms with van der Waals surface area (Å²) in [5.41, 5.74) is 7.61. The van der Waals surface area contributed by atoms with E-state index in [9.17, 15) is 8.42 Å². The molecule has 0 aliphatic heterocycles. The minimum Gasteiger partial charge on any atom is -0.383 e. The number of aryl methyl sites for hydroxylation is 1. The Kier molecular flexibility index (Phi) is 3.73. The first-order chi connectivity index (χ1) is 8.86. The standard InChI is InChI=1S/C14H21NO3S/c1-4-19(16,17)13-12(14(13,15)9-18-3)11-7-5-10(2)6-8-11/h5-8,12-13H,4,9,15H2,1-3H3/t12-,13+,14-/m0/s1. The van der Waals surface area contributed by atoms with Crippen LogP contribution in [0.25, 0.3) is 0 Å². The largest absolute Gasteiger partial charge is 0.383 e. The van der Waals surface area contributed by atoms with Crippen molar-refractivity contribution in [3.63, 3.8) is 0 Å². The van der Waals surface area contributed by atoms with Gasteiger partial charge in [-0.2, -0.15) is 0 Å². The van der Waals surface area contributed by atoms with Crippen LogP contribution in [0.1, 0.15) is 24.0 Å². The van der Waals surface area contributed by atoms with Crippen LogP contribution in [0.5, 0.6) is 0 Å². The first-order valence-corrected chi connectivity index (χ1v) is 8.14. The first kappa shape index (κ1) is 14.5. The highest BCUT2D eigenvalue weighted by molar-refractivity contribution is 7.92. The van der Waals surface area contributed by atoms with E-state index in [0.29, 0.717) is 0 Å². The molecule has 4 nitrogen and oxygen atoms in total. The molecule has 1 aromatic rings. The van der Waals surface area contributed by atoms with E-state index in [-0.39, 0.29) is 18.3 Å². The van der Waals surface area contributed by atoms with Crippen molar-refractivity contribution in [2.24, 2.45) is 5.73 Å². The number of rotatable bonds is 5. The molecule has 0 saturated heterocycles. The first-order valence-electron chi connectivity index (χ1n) is 6.42. The number of benzene rings is 1. The number of hydrogen-bond donors (Lipinski definition) is 1. The predicted molar refractivity (Wildman–Crippen MR) is 76.0 cm³/mol. The maximum Gasteiger partial charge on any atom is 0.155 e. The van der Waals surface area contributed by atoms with Gasteiger partial charge in [0.15, 0.2) is 9.84 Å². The summed E-state index contributed by atoms with van der Waals surface area (Å²) in [6.45, 7) is 3.92. The number of ether oxygens (including phenoxy) is 1. The molecule has 19 heavy (non-hydrogen) atoms. The van der Waals surface area contributed by atoms with Crippen molar-refractivity contribution in [1.29, 1.82) is 0 Å². The van der Waals surface area contributed by atoms with E-state index in [0.717, 1.165) is 11.1 Å². The van der Waals surface area contributed by atoms with Crippen LogP contribution < -0.4 is 5.73 Å². The van der Waals surface area contributed by atoms with E-state index < -0.39 is 20.6 Å². The van der Waals surface area contributed by atoms with Crippen LogP contribution in [0.4, 0.5) is 0 Å². The van der Waals surface area contributed by atoms with Crippen LogP contribution in [0, 0.1) is 6.92 Å². The molecule has 0 amide bonds. The molecule has 1 aliphatic carbocycles. The third-order valence-corrected chi connectivity index (χ3v) is 6.21. The summed E-state index contributed by atoms with van der Waals surface area (Å²) < 4.78 is 29.5. The molecule has 1 saturated carbocycles. The topological polar surface area (TPSA) is 69.4 Å². The SMILES string of the molecule is CCS(=O)(=O)[C@@H]1[C@H](c2ccc(C)cc2)[C@@]1(N)COC. The smallest absolute Gasteiger partial charge is 0.155 e. The van der Waals surface area contributed by atoms with Crippen molar-refractivity contribution in [2.75, 3.05) is 19.5 Å². The van der Waals surface area contributed by atoms with Gasteiger partial charge in [0, 0.05) is 18.8 Å². The second kappa shape index (κ2) is 4.89. The number of methoxy groups -OCH3 is 1. The van der Waals surface area contributed by atoms with Crippen LogP contribution in [0.3, 0.4) is 0 Å². The van der Waals surface area contributed by atoms with Gasteiger partial charge < -0.3 is 10.5 Å². The van der Waals surface area contributed by atoms with E-state index in [2.05, 4.69) is 0 Å². The molecule has 106 valence electrons. The van der Waals surface area contributed by atoms with E-state index >= 15 is 0 Å². The van der Waals surface area contributed by atoms with Gasteiger partial charge in [0.1, 0.15) is 0 Å². The zero-order chi connectivity index (χ0) is 14.3. The maximum absolute atomic E-state index is 12.2. The lowest BCUT2D eigenvalue weighted by Crippen LogP contribution is -2.36. The van der Waals surface area contributed by atoms with Gasteiger partial charge in [-0.3, -0.25) is 0 Å². The lowest BCUT2D eigenvalue weighted by molar-refractivity contribution is 0.171. The summed E-state index contributed by atoms with van der Waals surface area (Å²) >= 11 is 0. The fourth-order valence-corrected chi connectivity index (χ4v) is 4.81. The highest BCUT2D eigenvalue weighted by Crippen LogP contribution is 2.54. The van der Waals surface area contributed by atoms with Crippen LogP contribution in [-0.2, 0) is 14.6 Å². The highest BCUT2D eigenvalue weighted by atomic mass is 32.2. The molecule has 1 fully saturated rings. The lowest BCUT2D eigenvalue weighted by atomic mass is 10.1. The van der Waals surface area contributed by atoms with Gasteiger partial charge >= 0.3 is 0 Å². The van der Waals surface area contributed by atoms with E-state index in [1.54, 1.807) is 14.0 Å². The van der Waals surface area contributed by atoms with Crippen molar-refractivity contribution < 1.29 is 13.2 Å². The molecule has 0 radical (unpaired) electrons. The Morgan fingerprint density at radius 2 is 1.89 bits per heavy atom. The zero-order valence-corrected chi connectivity index (χ0v) is 12.4. The molecule has 3 atom stereocenters. The molecule has 2 N–H and O–H groups in total. The van der Waals surface area contributed by atoms with E-state index in [1.165, 1.54) is 0 Å². The minimum atomic E-state index is -3.17. The lowest BCUT2D eigenvalue weighted by Gasteiger charge is -2.10. The molecule has 1 aliphatic rings. The Morgan fingerprint density at radius 3 is 2.37 bits per heavy atom. The molecular weight excluding hydrogens is 262 g/mol. The molecule has 0 unspecified atom stereocenters. The minimum absolute atomic E-state index is 0.114. The number of hydrogen-bond acceptors (Lipinski definition) is 4. The Labute approximate surface area is 114 Å². The average molecular weight is 283 g/mol. The van der Waals surface area contributed by atoms with Crippen LogP contribution in [0.15, 0.2) is 24.3 Å². The number of nitrogens with two attached hydrogens (primary N) is 1. The van der Waals surface area contributed by atoms with Crippen molar-refractivity contribution in [1.82, 2.24) is 0 Å². The van der Waals surface area contributed by atoms with Crippen LogP contribution in [-0.4, -0.2) is 38.7 Å². The summed E-state index contributed by atoms with van der Waals surface area (Å²) in [7, 11) is -1.62. The van der Waals surface area contributed by atoms with Gasteiger partial charge in [-0.1, -0.05) is 36.8 Å². The second-order valence-corrected chi connectivity index (χ2v) is 7.72. The van der Waals surface area contributed by atoms with E-state index in [1.807, 2.05) is 31.2 Å². The summed E-state index contributed by atoms with van der Waals surface area (Å²) in [6.07, 6.45) is 0. The van der Waals surface area contributed by atoms with Crippen LogP contribution >= 0.6 is 0 Å². The van der Waals surface area contributed by atoms with Gasteiger partial charge in [-0.25, -0.2) is 8.42 Å². The fourth-order valence-electron chi connectivity index (χ4n) is 2.82. The van der Waals surface area contributed by atoms with Gasteiger partial charge in [0.2, 0.25) is 0 Å². The summed E-state index contributed by atoms with van der Waals surface area (Å²) in [4.78, 5) is 0. The van der Waals surface area contributed by atoms with Gasteiger partial charge in [-0.15, -0.1) is 0 Å². The Balaban J connectivity index is 2.36. The third-order valence-electron chi connectivity index (χ3n) is 3.92. The van der Waals surface area contributed by atoms with E-state index in [4.69, 9.17) is 10.5 Å². The monoisotopic (exact) mass is 283 g/mol. The zero-order valence-electron chi connectivity index (χ0n) is 11.6. The van der Waals surface area contributed by atoms with Gasteiger partial charge in [-0.05, 0) is 12.5 Å². The normalized spacial score (nSPS) is 30.3. The molecular formula is C14H21NO3S. The Hall–Kier alpha value is -0.910. The van der Waals surface area contributed by atoms with Gasteiger partial charge in [0.05, 0.1) is 17.4 Å². The molecule has 5 heteroatoms. The van der Waals surface area contributed by atoms with Crippen molar-refractivity contribution in [3.05, 3.63) is 35.4 Å². The molecule has 0 heterocycles. The predicted octanol–water partition coefficient (Wildman–Crippen LogP) is 1.24. The second-order valence-electron chi connectivity index (χ2n) is 5.31. The fraction of sp³-hybridized carbons (Fsp3) is 0.571. The quantitative estimate of drug-likeness (QED) is 0.882. The molecule has 2 rings (SSSR count). The molecule has 0 aromatic heterocycles. The van der Waals surface area contributed by atoms with Crippen LogP contribution in [0.2, 0.25) is 0 Å². The third kappa shape index (κ3) is 2.42. The average Bonchev–Trinajstić information content (AvgIpc) is 2.97. The number of sulfone groups is 1. The van der Waals surface area contributed by atoms with Crippen molar-refractivity contribution >= 4 is 9.84 Å². The summed E-state index contributed by atoms with van der Waals surface area (Å²) in [5, 5.41) is -0.535. The molecule has 0 bridgehead atoms. The molecule has 0 spiro atoms. The summed E-state index contributed by atoms with van der Waals surface area (Å²) in [6, 6.07) is 7.89.